The molecule has 1 N–H and O–H groups in total. The number of thioether (sulfide) groups is 1. The van der Waals surface area contributed by atoms with Crippen LogP contribution in [0.3, 0.4) is 0 Å². The summed E-state index contributed by atoms with van der Waals surface area (Å²) in [5.74, 6) is 0.702. The van der Waals surface area contributed by atoms with Crippen LogP contribution in [-0.2, 0) is 11.3 Å². The van der Waals surface area contributed by atoms with Crippen molar-refractivity contribution in [2.75, 3.05) is 20.3 Å². The van der Waals surface area contributed by atoms with Crippen molar-refractivity contribution in [2.24, 2.45) is 5.92 Å². The van der Waals surface area contributed by atoms with Crippen LogP contribution in [0.2, 0.25) is 0 Å². The molecule has 0 aromatic heterocycles. The van der Waals surface area contributed by atoms with Gasteiger partial charge in [-0.3, -0.25) is 0 Å². The van der Waals surface area contributed by atoms with Gasteiger partial charge in [-0.25, -0.2) is 4.39 Å². The van der Waals surface area contributed by atoms with Gasteiger partial charge in [-0.05, 0) is 36.5 Å². The van der Waals surface area contributed by atoms with Crippen LogP contribution in [0.1, 0.15) is 38.2 Å². The molecule has 0 amide bonds. The first kappa shape index (κ1) is 16.8. The number of nitrogens with one attached hydrogen (secondary N) is 1. The fourth-order valence-electron chi connectivity index (χ4n) is 2.82. The van der Waals surface area contributed by atoms with Crippen LogP contribution >= 0.6 is 11.8 Å². The topological polar surface area (TPSA) is 21.3 Å². The van der Waals surface area contributed by atoms with E-state index in [-0.39, 0.29) is 5.82 Å². The van der Waals surface area contributed by atoms with Gasteiger partial charge in [0.15, 0.2) is 0 Å². The van der Waals surface area contributed by atoms with E-state index in [0.29, 0.717) is 18.4 Å². The Morgan fingerprint density at radius 1 is 1.38 bits per heavy atom. The summed E-state index contributed by atoms with van der Waals surface area (Å²) in [7, 11) is 1.68. The van der Waals surface area contributed by atoms with E-state index in [0.717, 1.165) is 22.9 Å². The third-order valence-corrected chi connectivity index (χ3v) is 5.34. The summed E-state index contributed by atoms with van der Waals surface area (Å²) >= 11 is 1.72. The highest BCUT2D eigenvalue weighted by atomic mass is 32.2. The van der Waals surface area contributed by atoms with Gasteiger partial charge < -0.3 is 10.1 Å². The molecule has 1 aliphatic rings. The van der Waals surface area contributed by atoms with E-state index < -0.39 is 0 Å². The first-order valence-corrected chi connectivity index (χ1v) is 8.71. The molecular formula is C17H26FNOS. The van der Waals surface area contributed by atoms with Gasteiger partial charge >= 0.3 is 0 Å². The Morgan fingerprint density at radius 2 is 2.24 bits per heavy atom. The van der Waals surface area contributed by atoms with E-state index in [2.05, 4.69) is 12.2 Å². The zero-order chi connectivity index (χ0) is 15.1. The molecule has 0 saturated heterocycles. The van der Waals surface area contributed by atoms with E-state index >= 15 is 0 Å². The number of ether oxygens (including phenoxy) is 1. The van der Waals surface area contributed by atoms with E-state index in [1.165, 1.54) is 25.7 Å². The van der Waals surface area contributed by atoms with Gasteiger partial charge in [0.25, 0.3) is 0 Å². The van der Waals surface area contributed by atoms with Crippen molar-refractivity contribution in [3.05, 3.63) is 29.6 Å². The molecule has 0 spiro atoms. The number of rotatable bonds is 7. The first-order valence-electron chi connectivity index (χ1n) is 7.83. The van der Waals surface area contributed by atoms with Crippen molar-refractivity contribution in [1.82, 2.24) is 5.32 Å². The zero-order valence-electron chi connectivity index (χ0n) is 13.0. The van der Waals surface area contributed by atoms with Gasteiger partial charge in [0.2, 0.25) is 0 Å². The zero-order valence-corrected chi connectivity index (χ0v) is 13.8. The standard InChI is InChI=1S/C17H26FNOS/c1-13-4-3-5-15(10-13)21-17-7-6-14(11-16(17)18)12-19-8-9-20-2/h6-7,11,13,15,19H,3-5,8-10,12H2,1-2H3. The first-order chi connectivity index (χ1) is 10.2. The molecule has 1 aliphatic carbocycles. The second-order valence-corrected chi connectivity index (χ2v) is 7.29. The van der Waals surface area contributed by atoms with Gasteiger partial charge in [0.05, 0.1) is 6.61 Å². The molecule has 2 unspecified atom stereocenters. The molecule has 21 heavy (non-hydrogen) atoms. The number of benzene rings is 1. The molecule has 1 aromatic rings. The summed E-state index contributed by atoms with van der Waals surface area (Å²) in [6.07, 6.45) is 5.03. The molecule has 2 atom stereocenters. The van der Waals surface area contributed by atoms with Crippen LogP contribution < -0.4 is 5.32 Å². The highest BCUT2D eigenvalue weighted by Gasteiger charge is 2.20. The van der Waals surface area contributed by atoms with Crippen molar-refractivity contribution in [3.63, 3.8) is 0 Å². The third-order valence-electron chi connectivity index (χ3n) is 3.99. The lowest BCUT2D eigenvalue weighted by Crippen LogP contribution is -2.18. The molecule has 0 heterocycles. The lowest BCUT2D eigenvalue weighted by molar-refractivity contribution is 0.199. The van der Waals surface area contributed by atoms with Crippen LogP contribution in [0.5, 0.6) is 0 Å². The van der Waals surface area contributed by atoms with Gasteiger partial charge in [-0.2, -0.15) is 0 Å². The van der Waals surface area contributed by atoms with E-state index in [1.807, 2.05) is 12.1 Å². The Balaban J connectivity index is 1.86. The van der Waals surface area contributed by atoms with Gasteiger partial charge in [-0.15, -0.1) is 11.8 Å². The van der Waals surface area contributed by atoms with Gasteiger partial charge in [0, 0.05) is 30.3 Å². The van der Waals surface area contributed by atoms with Crippen molar-refractivity contribution >= 4 is 11.8 Å². The molecule has 4 heteroatoms. The second-order valence-electron chi connectivity index (χ2n) is 5.95. The molecule has 2 nitrogen and oxygen atoms in total. The highest BCUT2D eigenvalue weighted by molar-refractivity contribution is 8.00. The molecule has 1 aromatic carbocycles. The molecule has 2 rings (SSSR count). The summed E-state index contributed by atoms with van der Waals surface area (Å²) in [5.41, 5.74) is 0.991. The minimum Gasteiger partial charge on any atom is -0.383 e. The van der Waals surface area contributed by atoms with Crippen LogP contribution in [0.4, 0.5) is 4.39 Å². The number of hydrogen-bond donors (Lipinski definition) is 1. The average molecular weight is 311 g/mol. The Bertz CT molecular complexity index is 441. The third kappa shape index (κ3) is 5.61. The minimum absolute atomic E-state index is 0.0794. The van der Waals surface area contributed by atoms with Crippen LogP contribution in [0, 0.1) is 11.7 Å². The Labute approximate surface area is 131 Å². The largest absolute Gasteiger partial charge is 0.383 e. The van der Waals surface area contributed by atoms with E-state index in [4.69, 9.17) is 4.74 Å². The average Bonchev–Trinajstić information content (AvgIpc) is 2.46. The Morgan fingerprint density at radius 3 is 2.95 bits per heavy atom. The Kier molecular flexibility index (Phi) is 7.00. The van der Waals surface area contributed by atoms with Crippen molar-refractivity contribution in [3.8, 4) is 0 Å². The Hall–Kier alpha value is -0.580. The number of hydrogen-bond acceptors (Lipinski definition) is 3. The highest BCUT2D eigenvalue weighted by Crippen LogP contribution is 2.37. The summed E-state index contributed by atoms with van der Waals surface area (Å²) in [6, 6.07) is 5.62. The monoisotopic (exact) mass is 311 g/mol. The smallest absolute Gasteiger partial charge is 0.137 e. The van der Waals surface area contributed by atoms with E-state index in [1.54, 1.807) is 24.9 Å². The summed E-state index contributed by atoms with van der Waals surface area (Å²) in [6.45, 7) is 4.45. The SMILES string of the molecule is COCCNCc1ccc(SC2CCCC(C)C2)c(F)c1. The summed E-state index contributed by atoms with van der Waals surface area (Å²) in [5, 5.41) is 3.82. The maximum atomic E-state index is 14.2. The molecule has 0 radical (unpaired) electrons. The van der Waals surface area contributed by atoms with Crippen LogP contribution in [0.15, 0.2) is 23.1 Å². The van der Waals surface area contributed by atoms with Gasteiger partial charge in [-0.1, -0.05) is 25.8 Å². The van der Waals surface area contributed by atoms with Crippen LogP contribution in [0.25, 0.3) is 0 Å². The molecule has 1 fully saturated rings. The van der Waals surface area contributed by atoms with Gasteiger partial charge in [0.1, 0.15) is 5.82 Å². The summed E-state index contributed by atoms with van der Waals surface area (Å²) < 4.78 is 19.2. The van der Waals surface area contributed by atoms with Crippen molar-refractivity contribution in [2.45, 2.75) is 49.3 Å². The summed E-state index contributed by atoms with van der Waals surface area (Å²) in [4.78, 5) is 0.801. The predicted octanol–water partition coefficient (Wildman–Crippen LogP) is 4.23. The minimum atomic E-state index is -0.0794. The van der Waals surface area contributed by atoms with E-state index in [9.17, 15) is 4.39 Å². The molecule has 0 bridgehead atoms. The molecule has 118 valence electrons. The fraction of sp³-hybridized carbons (Fsp3) is 0.647. The lowest BCUT2D eigenvalue weighted by Gasteiger charge is -2.26. The maximum absolute atomic E-state index is 14.2. The fourth-order valence-corrected chi connectivity index (χ4v) is 4.21. The van der Waals surface area contributed by atoms with Crippen molar-refractivity contribution in [1.29, 1.82) is 0 Å². The maximum Gasteiger partial charge on any atom is 0.137 e. The normalized spacial score (nSPS) is 22.4. The molecular weight excluding hydrogens is 285 g/mol. The van der Waals surface area contributed by atoms with Crippen molar-refractivity contribution < 1.29 is 9.13 Å². The number of methoxy groups -OCH3 is 1. The predicted molar refractivity (Wildman–Crippen MR) is 87.3 cm³/mol. The number of halogens is 1. The molecule has 0 aliphatic heterocycles. The lowest BCUT2D eigenvalue weighted by atomic mass is 9.91. The van der Waals surface area contributed by atoms with Crippen LogP contribution in [-0.4, -0.2) is 25.5 Å². The second kappa shape index (κ2) is 8.76. The quantitative estimate of drug-likeness (QED) is 0.761. The molecule has 1 saturated carbocycles.